The van der Waals surface area contributed by atoms with Crippen molar-refractivity contribution < 1.29 is 4.74 Å². The Morgan fingerprint density at radius 3 is 2.81 bits per heavy atom. The third-order valence-corrected chi connectivity index (χ3v) is 3.00. The van der Waals surface area contributed by atoms with Crippen LogP contribution in [0.25, 0.3) is 0 Å². The van der Waals surface area contributed by atoms with Crippen molar-refractivity contribution in [3.63, 3.8) is 0 Å². The molecule has 3 nitrogen and oxygen atoms in total. The SMILES string of the molecule is CCCNCC(C)(C)CN1CCCOCC1. The first-order valence-electron chi connectivity index (χ1n) is 6.65. The summed E-state index contributed by atoms with van der Waals surface area (Å²) in [6.45, 7) is 14.4. The fourth-order valence-electron chi connectivity index (χ4n) is 2.22. The molecule has 0 amide bonds. The fourth-order valence-corrected chi connectivity index (χ4v) is 2.22. The van der Waals surface area contributed by atoms with Gasteiger partial charge < -0.3 is 15.0 Å². The van der Waals surface area contributed by atoms with E-state index in [-0.39, 0.29) is 0 Å². The summed E-state index contributed by atoms with van der Waals surface area (Å²) in [6, 6.07) is 0. The molecule has 1 N–H and O–H groups in total. The van der Waals surface area contributed by atoms with Gasteiger partial charge in [-0.3, -0.25) is 0 Å². The molecule has 0 spiro atoms. The Morgan fingerprint density at radius 1 is 1.25 bits per heavy atom. The fraction of sp³-hybridized carbons (Fsp3) is 1.00. The van der Waals surface area contributed by atoms with Gasteiger partial charge in [0.15, 0.2) is 0 Å². The van der Waals surface area contributed by atoms with E-state index in [1.807, 2.05) is 0 Å². The highest BCUT2D eigenvalue weighted by Gasteiger charge is 2.21. The van der Waals surface area contributed by atoms with Gasteiger partial charge in [0.05, 0.1) is 6.61 Å². The predicted octanol–water partition coefficient (Wildman–Crippen LogP) is 1.73. The molecule has 96 valence electrons. The zero-order valence-corrected chi connectivity index (χ0v) is 11.2. The average Bonchev–Trinajstić information content (AvgIpc) is 2.46. The summed E-state index contributed by atoms with van der Waals surface area (Å²) in [5.74, 6) is 0. The number of hydrogen-bond acceptors (Lipinski definition) is 3. The van der Waals surface area contributed by atoms with Crippen LogP contribution in [-0.2, 0) is 4.74 Å². The molecule has 0 aromatic heterocycles. The third-order valence-electron chi connectivity index (χ3n) is 3.00. The Morgan fingerprint density at radius 2 is 2.06 bits per heavy atom. The minimum absolute atomic E-state index is 0.361. The first kappa shape index (κ1) is 13.9. The van der Waals surface area contributed by atoms with Crippen molar-refractivity contribution >= 4 is 0 Å². The normalized spacial score (nSPS) is 19.7. The zero-order chi connectivity index (χ0) is 11.9. The van der Waals surface area contributed by atoms with Crippen LogP contribution >= 0.6 is 0 Å². The van der Waals surface area contributed by atoms with E-state index in [2.05, 4.69) is 31.0 Å². The van der Waals surface area contributed by atoms with Crippen LogP contribution in [0.1, 0.15) is 33.6 Å². The van der Waals surface area contributed by atoms with Crippen molar-refractivity contribution in [2.45, 2.75) is 33.6 Å². The molecule has 1 rings (SSSR count). The predicted molar refractivity (Wildman–Crippen MR) is 68.8 cm³/mol. The molecule has 0 saturated carbocycles. The van der Waals surface area contributed by atoms with Crippen LogP contribution in [0.15, 0.2) is 0 Å². The number of rotatable bonds is 6. The van der Waals surface area contributed by atoms with Gasteiger partial charge in [-0.15, -0.1) is 0 Å². The molecule has 1 aliphatic rings. The second-order valence-electron chi connectivity index (χ2n) is 5.58. The monoisotopic (exact) mass is 228 g/mol. The molecular weight excluding hydrogens is 200 g/mol. The molecule has 0 radical (unpaired) electrons. The maximum Gasteiger partial charge on any atom is 0.0593 e. The lowest BCUT2D eigenvalue weighted by molar-refractivity contribution is 0.130. The van der Waals surface area contributed by atoms with E-state index < -0.39 is 0 Å². The van der Waals surface area contributed by atoms with E-state index in [9.17, 15) is 0 Å². The topological polar surface area (TPSA) is 24.5 Å². The van der Waals surface area contributed by atoms with Crippen LogP contribution < -0.4 is 5.32 Å². The van der Waals surface area contributed by atoms with Gasteiger partial charge in [0.1, 0.15) is 0 Å². The molecule has 1 fully saturated rings. The van der Waals surface area contributed by atoms with Gasteiger partial charge in [0, 0.05) is 32.8 Å². The van der Waals surface area contributed by atoms with Gasteiger partial charge in [-0.2, -0.15) is 0 Å². The molecule has 0 aliphatic carbocycles. The summed E-state index contributed by atoms with van der Waals surface area (Å²) in [5, 5.41) is 3.52. The smallest absolute Gasteiger partial charge is 0.0593 e. The maximum absolute atomic E-state index is 5.48. The Balaban J connectivity index is 2.26. The van der Waals surface area contributed by atoms with Crippen molar-refractivity contribution in [2.75, 3.05) is 45.9 Å². The van der Waals surface area contributed by atoms with Crippen molar-refractivity contribution in [3.8, 4) is 0 Å². The van der Waals surface area contributed by atoms with Crippen molar-refractivity contribution in [3.05, 3.63) is 0 Å². The van der Waals surface area contributed by atoms with E-state index in [1.54, 1.807) is 0 Å². The second kappa shape index (κ2) is 7.25. The van der Waals surface area contributed by atoms with Gasteiger partial charge >= 0.3 is 0 Å². The van der Waals surface area contributed by atoms with Gasteiger partial charge in [-0.1, -0.05) is 20.8 Å². The largest absolute Gasteiger partial charge is 0.380 e. The maximum atomic E-state index is 5.48. The lowest BCUT2D eigenvalue weighted by Gasteiger charge is -2.32. The highest BCUT2D eigenvalue weighted by atomic mass is 16.5. The van der Waals surface area contributed by atoms with Crippen molar-refractivity contribution in [1.82, 2.24) is 10.2 Å². The van der Waals surface area contributed by atoms with E-state index in [0.29, 0.717) is 5.41 Å². The highest BCUT2D eigenvalue weighted by Crippen LogP contribution is 2.16. The number of nitrogens with one attached hydrogen (secondary N) is 1. The van der Waals surface area contributed by atoms with Crippen molar-refractivity contribution in [1.29, 1.82) is 0 Å². The first-order chi connectivity index (χ1) is 7.64. The van der Waals surface area contributed by atoms with Crippen LogP contribution in [0, 0.1) is 5.41 Å². The van der Waals surface area contributed by atoms with E-state index in [0.717, 1.165) is 32.8 Å². The van der Waals surface area contributed by atoms with Crippen LogP contribution in [-0.4, -0.2) is 50.8 Å². The molecule has 0 aromatic carbocycles. The Bertz CT molecular complexity index is 175. The minimum Gasteiger partial charge on any atom is -0.380 e. The third kappa shape index (κ3) is 5.83. The second-order valence-corrected chi connectivity index (χ2v) is 5.58. The van der Waals surface area contributed by atoms with Gasteiger partial charge in [0.25, 0.3) is 0 Å². The van der Waals surface area contributed by atoms with Crippen LogP contribution in [0.2, 0.25) is 0 Å². The molecule has 0 bridgehead atoms. The van der Waals surface area contributed by atoms with E-state index >= 15 is 0 Å². The van der Waals surface area contributed by atoms with E-state index in [1.165, 1.54) is 25.9 Å². The number of nitrogens with zero attached hydrogens (tertiary/aromatic N) is 1. The number of hydrogen-bond donors (Lipinski definition) is 1. The summed E-state index contributed by atoms with van der Waals surface area (Å²) < 4.78 is 5.48. The van der Waals surface area contributed by atoms with Crippen LogP contribution in [0.4, 0.5) is 0 Å². The van der Waals surface area contributed by atoms with Gasteiger partial charge in [0.2, 0.25) is 0 Å². The molecule has 1 aliphatic heterocycles. The summed E-state index contributed by atoms with van der Waals surface area (Å²) >= 11 is 0. The van der Waals surface area contributed by atoms with E-state index in [4.69, 9.17) is 4.74 Å². The van der Waals surface area contributed by atoms with Crippen LogP contribution in [0.5, 0.6) is 0 Å². The minimum atomic E-state index is 0.361. The molecule has 3 heteroatoms. The molecule has 0 atom stereocenters. The summed E-state index contributed by atoms with van der Waals surface area (Å²) in [6.07, 6.45) is 2.39. The molecular formula is C13H28N2O. The summed E-state index contributed by atoms with van der Waals surface area (Å²) in [4.78, 5) is 2.54. The van der Waals surface area contributed by atoms with Gasteiger partial charge in [-0.05, 0) is 24.8 Å². The highest BCUT2D eigenvalue weighted by molar-refractivity contribution is 4.77. The van der Waals surface area contributed by atoms with Crippen LogP contribution in [0.3, 0.4) is 0 Å². The average molecular weight is 228 g/mol. The molecule has 0 aromatic rings. The summed E-state index contributed by atoms with van der Waals surface area (Å²) in [7, 11) is 0. The Kier molecular flexibility index (Phi) is 6.32. The number of ether oxygens (including phenoxy) is 1. The quantitative estimate of drug-likeness (QED) is 0.701. The molecule has 1 saturated heterocycles. The Labute approximate surface area is 101 Å². The lowest BCUT2D eigenvalue weighted by Crippen LogP contribution is -2.41. The lowest BCUT2D eigenvalue weighted by atomic mass is 9.92. The van der Waals surface area contributed by atoms with Crippen molar-refractivity contribution in [2.24, 2.45) is 5.41 Å². The van der Waals surface area contributed by atoms with Gasteiger partial charge in [-0.25, -0.2) is 0 Å². The first-order valence-corrected chi connectivity index (χ1v) is 6.65. The zero-order valence-electron chi connectivity index (χ0n) is 11.2. The molecule has 0 unspecified atom stereocenters. The Hall–Kier alpha value is -0.120. The standard InChI is InChI=1S/C13H28N2O/c1-4-6-14-11-13(2,3)12-15-7-5-9-16-10-8-15/h14H,4-12H2,1-3H3. The molecule has 1 heterocycles. The molecule has 16 heavy (non-hydrogen) atoms. The summed E-state index contributed by atoms with van der Waals surface area (Å²) in [5.41, 5.74) is 0.361.